The highest BCUT2D eigenvalue weighted by Gasteiger charge is 2.13. The number of aliphatic hydroxyl groups excluding tert-OH is 1. The number of aryl methyl sites for hydroxylation is 2. The average molecular weight is 256 g/mol. The zero-order valence-electron chi connectivity index (χ0n) is 11.7. The lowest BCUT2D eigenvalue weighted by Gasteiger charge is -2.12. The SMILES string of the molecule is CCC(CO)c1nc(C)cc(-c2cccc(C)c2)n1. The summed E-state index contributed by atoms with van der Waals surface area (Å²) in [4.78, 5) is 9.07. The average Bonchev–Trinajstić information content (AvgIpc) is 2.39. The highest BCUT2D eigenvalue weighted by atomic mass is 16.3. The Morgan fingerprint density at radius 3 is 2.58 bits per heavy atom. The van der Waals surface area contributed by atoms with Crippen LogP contribution in [0.5, 0.6) is 0 Å². The molecule has 0 spiro atoms. The van der Waals surface area contributed by atoms with Crippen LogP contribution in [0.4, 0.5) is 0 Å². The Morgan fingerprint density at radius 1 is 1.16 bits per heavy atom. The summed E-state index contributed by atoms with van der Waals surface area (Å²) in [7, 11) is 0. The fourth-order valence-electron chi connectivity index (χ4n) is 2.12. The summed E-state index contributed by atoms with van der Waals surface area (Å²) < 4.78 is 0. The summed E-state index contributed by atoms with van der Waals surface area (Å²) >= 11 is 0. The van der Waals surface area contributed by atoms with Crippen molar-refractivity contribution >= 4 is 0 Å². The largest absolute Gasteiger partial charge is 0.396 e. The van der Waals surface area contributed by atoms with Gasteiger partial charge >= 0.3 is 0 Å². The molecule has 1 atom stereocenters. The highest BCUT2D eigenvalue weighted by molar-refractivity contribution is 5.60. The van der Waals surface area contributed by atoms with Crippen molar-refractivity contribution in [1.29, 1.82) is 0 Å². The molecule has 3 heteroatoms. The molecule has 100 valence electrons. The molecule has 0 aliphatic carbocycles. The second-order valence-electron chi connectivity index (χ2n) is 4.91. The predicted octanol–water partition coefficient (Wildman–Crippen LogP) is 3.25. The van der Waals surface area contributed by atoms with Crippen molar-refractivity contribution in [2.24, 2.45) is 0 Å². The second-order valence-corrected chi connectivity index (χ2v) is 4.91. The maximum absolute atomic E-state index is 9.40. The van der Waals surface area contributed by atoms with Gasteiger partial charge in [0.15, 0.2) is 0 Å². The van der Waals surface area contributed by atoms with Gasteiger partial charge in [0, 0.05) is 17.2 Å². The third kappa shape index (κ3) is 3.18. The molecule has 0 radical (unpaired) electrons. The van der Waals surface area contributed by atoms with Gasteiger partial charge in [0.25, 0.3) is 0 Å². The molecule has 0 aliphatic rings. The van der Waals surface area contributed by atoms with E-state index in [-0.39, 0.29) is 12.5 Å². The minimum absolute atomic E-state index is 0.0171. The van der Waals surface area contributed by atoms with E-state index in [1.165, 1.54) is 5.56 Å². The molecule has 1 N–H and O–H groups in total. The van der Waals surface area contributed by atoms with Crippen LogP contribution in [-0.4, -0.2) is 21.7 Å². The molecule has 2 aromatic rings. The fraction of sp³-hybridized carbons (Fsp3) is 0.375. The van der Waals surface area contributed by atoms with E-state index in [0.717, 1.165) is 29.2 Å². The molecule has 0 saturated carbocycles. The van der Waals surface area contributed by atoms with Crippen LogP contribution in [0.25, 0.3) is 11.3 Å². The number of hydrogen-bond donors (Lipinski definition) is 1. The molecule has 19 heavy (non-hydrogen) atoms. The maximum atomic E-state index is 9.40. The normalized spacial score (nSPS) is 12.4. The van der Waals surface area contributed by atoms with Crippen LogP contribution in [0.15, 0.2) is 30.3 Å². The van der Waals surface area contributed by atoms with Crippen molar-refractivity contribution in [2.75, 3.05) is 6.61 Å². The summed E-state index contributed by atoms with van der Waals surface area (Å²) in [6, 6.07) is 10.3. The quantitative estimate of drug-likeness (QED) is 0.913. The summed E-state index contributed by atoms with van der Waals surface area (Å²) in [5.41, 5.74) is 4.18. The molecule has 2 rings (SSSR count). The third-order valence-corrected chi connectivity index (χ3v) is 3.26. The minimum atomic E-state index is 0.0171. The van der Waals surface area contributed by atoms with Gasteiger partial charge in [0.05, 0.1) is 12.3 Å². The van der Waals surface area contributed by atoms with Crippen LogP contribution < -0.4 is 0 Å². The number of rotatable bonds is 4. The van der Waals surface area contributed by atoms with Crippen molar-refractivity contribution in [3.05, 3.63) is 47.4 Å². The lowest BCUT2D eigenvalue weighted by molar-refractivity contribution is 0.257. The molecule has 1 unspecified atom stereocenters. The second kappa shape index (κ2) is 5.93. The van der Waals surface area contributed by atoms with E-state index in [9.17, 15) is 5.11 Å². The van der Waals surface area contributed by atoms with Crippen LogP contribution in [0.1, 0.15) is 36.3 Å². The molecule has 0 fully saturated rings. The summed E-state index contributed by atoms with van der Waals surface area (Å²) in [5, 5.41) is 9.40. The summed E-state index contributed by atoms with van der Waals surface area (Å²) in [6.45, 7) is 6.17. The van der Waals surface area contributed by atoms with E-state index in [4.69, 9.17) is 0 Å². The number of hydrogen-bond acceptors (Lipinski definition) is 3. The van der Waals surface area contributed by atoms with Gasteiger partial charge in [-0.3, -0.25) is 0 Å². The van der Waals surface area contributed by atoms with Crippen molar-refractivity contribution in [3.8, 4) is 11.3 Å². The molecule has 0 bridgehead atoms. The van der Waals surface area contributed by atoms with E-state index < -0.39 is 0 Å². The Hall–Kier alpha value is -1.74. The molecule has 0 saturated heterocycles. The lowest BCUT2D eigenvalue weighted by Crippen LogP contribution is -2.09. The zero-order chi connectivity index (χ0) is 13.8. The first-order chi connectivity index (χ1) is 9.13. The smallest absolute Gasteiger partial charge is 0.134 e. The van der Waals surface area contributed by atoms with Crippen molar-refractivity contribution in [3.63, 3.8) is 0 Å². The zero-order valence-corrected chi connectivity index (χ0v) is 11.7. The van der Waals surface area contributed by atoms with Gasteiger partial charge in [-0.05, 0) is 32.4 Å². The van der Waals surface area contributed by atoms with Crippen molar-refractivity contribution in [1.82, 2.24) is 9.97 Å². The molecule has 1 aromatic carbocycles. The minimum Gasteiger partial charge on any atom is -0.396 e. The third-order valence-electron chi connectivity index (χ3n) is 3.26. The first kappa shape index (κ1) is 13.7. The number of aliphatic hydroxyl groups is 1. The van der Waals surface area contributed by atoms with Gasteiger partial charge in [0.1, 0.15) is 5.82 Å². The van der Waals surface area contributed by atoms with Gasteiger partial charge in [-0.15, -0.1) is 0 Å². The first-order valence-electron chi connectivity index (χ1n) is 6.67. The summed E-state index contributed by atoms with van der Waals surface area (Å²) in [5.74, 6) is 0.755. The standard InChI is InChI=1S/C16H20N2O/c1-4-13(10-19)16-17-12(3)9-15(18-16)14-7-5-6-11(2)8-14/h5-9,13,19H,4,10H2,1-3H3. The van der Waals surface area contributed by atoms with Crippen LogP contribution in [0.2, 0.25) is 0 Å². The monoisotopic (exact) mass is 256 g/mol. The van der Waals surface area contributed by atoms with E-state index in [1.807, 2.05) is 26.0 Å². The number of benzene rings is 1. The topological polar surface area (TPSA) is 46.0 Å². The van der Waals surface area contributed by atoms with Gasteiger partial charge in [-0.25, -0.2) is 9.97 Å². The lowest BCUT2D eigenvalue weighted by atomic mass is 10.0. The van der Waals surface area contributed by atoms with Gasteiger partial charge < -0.3 is 5.11 Å². The van der Waals surface area contributed by atoms with E-state index in [0.29, 0.717) is 0 Å². The summed E-state index contributed by atoms with van der Waals surface area (Å²) in [6.07, 6.45) is 0.840. The molecular formula is C16H20N2O. The molecule has 1 heterocycles. The van der Waals surface area contributed by atoms with Crippen LogP contribution >= 0.6 is 0 Å². The predicted molar refractivity (Wildman–Crippen MR) is 77.1 cm³/mol. The van der Waals surface area contributed by atoms with Crippen molar-refractivity contribution in [2.45, 2.75) is 33.1 Å². The van der Waals surface area contributed by atoms with Crippen LogP contribution in [-0.2, 0) is 0 Å². The van der Waals surface area contributed by atoms with Crippen LogP contribution in [0, 0.1) is 13.8 Å². The molecule has 0 aliphatic heterocycles. The first-order valence-corrected chi connectivity index (χ1v) is 6.67. The molecule has 1 aromatic heterocycles. The Kier molecular flexibility index (Phi) is 4.27. The van der Waals surface area contributed by atoms with Crippen molar-refractivity contribution < 1.29 is 5.11 Å². The highest BCUT2D eigenvalue weighted by Crippen LogP contribution is 2.22. The maximum Gasteiger partial charge on any atom is 0.134 e. The number of nitrogens with zero attached hydrogens (tertiary/aromatic N) is 2. The number of aromatic nitrogens is 2. The Labute approximate surface area is 114 Å². The molecule has 3 nitrogen and oxygen atoms in total. The Bertz CT molecular complexity index is 562. The van der Waals surface area contributed by atoms with E-state index >= 15 is 0 Å². The molecular weight excluding hydrogens is 236 g/mol. The Balaban J connectivity index is 2.47. The van der Waals surface area contributed by atoms with E-state index in [2.05, 4.69) is 35.1 Å². The van der Waals surface area contributed by atoms with Gasteiger partial charge in [-0.2, -0.15) is 0 Å². The van der Waals surface area contributed by atoms with Crippen LogP contribution in [0.3, 0.4) is 0 Å². The Morgan fingerprint density at radius 2 is 1.95 bits per heavy atom. The fourth-order valence-corrected chi connectivity index (χ4v) is 2.12. The van der Waals surface area contributed by atoms with Gasteiger partial charge in [0.2, 0.25) is 0 Å². The molecule has 0 amide bonds. The van der Waals surface area contributed by atoms with Gasteiger partial charge in [-0.1, -0.05) is 30.7 Å². The van der Waals surface area contributed by atoms with E-state index in [1.54, 1.807) is 0 Å².